The number of nitrogens with zero attached hydrogens (tertiary/aromatic N) is 1. The van der Waals surface area contributed by atoms with Gasteiger partial charge in [0.1, 0.15) is 0 Å². The van der Waals surface area contributed by atoms with Crippen molar-refractivity contribution in [2.24, 2.45) is 5.92 Å². The van der Waals surface area contributed by atoms with Gasteiger partial charge in [0.25, 0.3) is 0 Å². The van der Waals surface area contributed by atoms with E-state index in [-0.39, 0.29) is 17.9 Å². The number of piperidine rings is 1. The van der Waals surface area contributed by atoms with E-state index < -0.39 is 0 Å². The lowest BCUT2D eigenvalue weighted by Crippen LogP contribution is -2.43. The molecule has 0 aromatic heterocycles. The van der Waals surface area contributed by atoms with E-state index in [0.717, 1.165) is 43.1 Å². The number of amides is 1. The Bertz CT molecular complexity index is 848. The summed E-state index contributed by atoms with van der Waals surface area (Å²) in [5.41, 5.74) is 6.14. The van der Waals surface area contributed by atoms with Crippen LogP contribution in [0.1, 0.15) is 53.6 Å². The normalized spacial score (nSPS) is 18.7. The van der Waals surface area contributed by atoms with Crippen molar-refractivity contribution in [2.75, 3.05) is 13.1 Å². The number of rotatable bonds is 5. The predicted octanol–water partition coefficient (Wildman–Crippen LogP) is 5.35. The molecule has 0 spiro atoms. The van der Waals surface area contributed by atoms with Crippen molar-refractivity contribution in [1.82, 2.24) is 10.2 Å². The third kappa shape index (κ3) is 4.95. The topological polar surface area (TPSA) is 32.3 Å². The smallest absolute Gasteiger partial charge is 0.224 e. The molecule has 0 saturated carbocycles. The summed E-state index contributed by atoms with van der Waals surface area (Å²) in [6.45, 7) is 11.1. The van der Waals surface area contributed by atoms with Gasteiger partial charge in [-0.25, -0.2) is 0 Å². The van der Waals surface area contributed by atoms with Crippen LogP contribution in [0, 0.1) is 26.7 Å². The second kappa shape index (κ2) is 9.11. The number of carbonyl (C=O) groups is 1. The fraction of sp³-hybridized carbons (Fsp3) is 0.458. The van der Waals surface area contributed by atoms with Gasteiger partial charge in [-0.2, -0.15) is 0 Å². The molecule has 3 nitrogen and oxygen atoms in total. The van der Waals surface area contributed by atoms with Gasteiger partial charge in [-0.3, -0.25) is 9.69 Å². The van der Waals surface area contributed by atoms with Gasteiger partial charge in [0.15, 0.2) is 0 Å². The number of hydrogen-bond acceptors (Lipinski definition) is 2. The fourth-order valence-electron chi connectivity index (χ4n) is 4.14. The Morgan fingerprint density at radius 1 is 1.18 bits per heavy atom. The fourth-order valence-corrected chi connectivity index (χ4v) is 4.33. The van der Waals surface area contributed by atoms with Crippen LogP contribution < -0.4 is 5.32 Å². The van der Waals surface area contributed by atoms with Crippen molar-refractivity contribution >= 4 is 17.5 Å². The minimum Gasteiger partial charge on any atom is -0.349 e. The van der Waals surface area contributed by atoms with Crippen LogP contribution in [-0.2, 0) is 11.3 Å². The van der Waals surface area contributed by atoms with Gasteiger partial charge in [0.2, 0.25) is 5.91 Å². The zero-order valence-electron chi connectivity index (χ0n) is 17.4. The number of nitrogens with one attached hydrogen (secondary N) is 1. The molecule has 150 valence electrons. The van der Waals surface area contributed by atoms with E-state index in [9.17, 15) is 4.79 Å². The molecular weight excluding hydrogens is 368 g/mol. The molecular formula is C24H31ClN2O. The Morgan fingerprint density at radius 3 is 2.64 bits per heavy atom. The number of aryl methyl sites for hydroxylation is 3. The summed E-state index contributed by atoms with van der Waals surface area (Å²) in [7, 11) is 0. The molecule has 0 radical (unpaired) electrons. The molecule has 1 N–H and O–H groups in total. The SMILES string of the molecule is Cc1cc(C)c([C@@H](C)NC(=O)[C@H]2CCCN(Cc3ccccc3Cl)C2)cc1C. The van der Waals surface area contributed by atoms with Crippen LogP contribution in [0.15, 0.2) is 36.4 Å². The Labute approximate surface area is 174 Å². The maximum atomic E-state index is 12.9. The van der Waals surface area contributed by atoms with Crippen LogP contribution >= 0.6 is 11.6 Å². The zero-order chi connectivity index (χ0) is 20.3. The number of halogens is 1. The van der Waals surface area contributed by atoms with Gasteiger partial charge in [-0.1, -0.05) is 41.9 Å². The van der Waals surface area contributed by atoms with Crippen LogP contribution in [-0.4, -0.2) is 23.9 Å². The molecule has 0 bridgehead atoms. The Hall–Kier alpha value is -1.84. The summed E-state index contributed by atoms with van der Waals surface area (Å²) in [4.78, 5) is 15.3. The number of benzene rings is 2. The number of carbonyl (C=O) groups excluding carboxylic acids is 1. The largest absolute Gasteiger partial charge is 0.349 e. The van der Waals surface area contributed by atoms with E-state index in [0.29, 0.717) is 0 Å². The molecule has 1 amide bonds. The van der Waals surface area contributed by atoms with E-state index >= 15 is 0 Å². The van der Waals surface area contributed by atoms with Crippen molar-refractivity contribution in [3.05, 3.63) is 69.2 Å². The van der Waals surface area contributed by atoms with Crippen LogP contribution in [0.2, 0.25) is 5.02 Å². The summed E-state index contributed by atoms with van der Waals surface area (Å²) >= 11 is 6.31. The second-order valence-corrected chi connectivity index (χ2v) is 8.60. The average Bonchev–Trinajstić information content (AvgIpc) is 2.66. The Balaban J connectivity index is 1.62. The summed E-state index contributed by atoms with van der Waals surface area (Å²) in [5, 5.41) is 4.06. The molecule has 3 rings (SSSR count). The van der Waals surface area contributed by atoms with Crippen LogP contribution in [0.4, 0.5) is 0 Å². The summed E-state index contributed by atoms with van der Waals surface area (Å²) in [5.74, 6) is 0.194. The molecule has 1 saturated heterocycles. The minimum absolute atomic E-state index is 0.0192. The maximum absolute atomic E-state index is 12.9. The average molecular weight is 399 g/mol. The zero-order valence-corrected chi connectivity index (χ0v) is 18.1. The van der Waals surface area contributed by atoms with Gasteiger partial charge in [-0.15, -0.1) is 0 Å². The van der Waals surface area contributed by atoms with E-state index in [1.165, 1.54) is 22.3 Å². The lowest BCUT2D eigenvalue weighted by molar-refractivity contribution is -0.127. The van der Waals surface area contributed by atoms with Crippen LogP contribution in [0.3, 0.4) is 0 Å². The first-order valence-corrected chi connectivity index (χ1v) is 10.6. The van der Waals surface area contributed by atoms with E-state index in [2.05, 4.69) is 56.1 Å². The van der Waals surface area contributed by atoms with E-state index in [1.807, 2.05) is 18.2 Å². The summed E-state index contributed by atoms with van der Waals surface area (Å²) < 4.78 is 0. The highest BCUT2D eigenvalue weighted by atomic mass is 35.5. The molecule has 1 aliphatic heterocycles. The first-order valence-electron chi connectivity index (χ1n) is 10.2. The van der Waals surface area contributed by atoms with Crippen molar-refractivity contribution in [1.29, 1.82) is 0 Å². The van der Waals surface area contributed by atoms with Gasteiger partial charge in [0.05, 0.1) is 12.0 Å². The summed E-state index contributed by atoms with van der Waals surface area (Å²) in [6, 6.07) is 12.4. The van der Waals surface area contributed by atoms with Gasteiger partial charge in [0, 0.05) is 18.1 Å². The summed E-state index contributed by atoms with van der Waals surface area (Å²) in [6.07, 6.45) is 1.99. The Kier molecular flexibility index (Phi) is 6.79. The molecule has 2 atom stereocenters. The molecule has 1 aliphatic rings. The van der Waals surface area contributed by atoms with Crippen molar-refractivity contribution in [3.63, 3.8) is 0 Å². The standard InChI is InChI=1S/C24H31ClN2O/c1-16-12-18(3)22(13-17(16)2)19(4)26-24(28)21-9-7-11-27(15-21)14-20-8-5-6-10-23(20)25/h5-6,8,10,12-13,19,21H,7,9,11,14-15H2,1-4H3,(H,26,28)/t19-,21+/m1/s1. The number of hydrogen-bond donors (Lipinski definition) is 1. The number of likely N-dealkylation sites (tertiary alicyclic amines) is 1. The molecule has 2 aromatic carbocycles. The molecule has 0 unspecified atom stereocenters. The second-order valence-electron chi connectivity index (χ2n) is 8.19. The van der Waals surface area contributed by atoms with E-state index in [1.54, 1.807) is 0 Å². The molecule has 1 heterocycles. The lowest BCUT2D eigenvalue weighted by atomic mass is 9.94. The van der Waals surface area contributed by atoms with Gasteiger partial charge >= 0.3 is 0 Å². The minimum atomic E-state index is 0.0192. The Morgan fingerprint density at radius 2 is 1.89 bits per heavy atom. The molecule has 28 heavy (non-hydrogen) atoms. The third-order valence-electron chi connectivity index (χ3n) is 5.94. The monoisotopic (exact) mass is 398 g/mol. The van der Waals surface area contributed by atoms with E-state index in [4.69, 9.17) is 11.6 Å². The first-order chi connectivity index (χ1) is 13.3. The molecule has 1 fully saturated rings. The van der Waals surface area contributed by atoms with Gasteiger partial charge in [-0.05, 0) is 81.0 Å². The van der Waals surface area contributed by atoms with Crippen LogP contribution in [0.25, 0.3) is 0 Å². The highest BCUT2D eigenvalue weighted by molar-refractivity contribution is 6.31. The maximum Gasteiger partial charge on any atom is 0.224 e. The highest BCUT2D eigenvalue weighted by Crippen LogP contribution is 2.25. The van der Waals surface area contributed by atoms with Crippen molar-refractivity contribution < 1.29 is 4.79 Å². The lowest BCUT2D eigenvalue weighted by Gasteiger charge is -2.33. The highest BCUT2D eigenvalue weighted by Gasteiger charge is 2.27. The van der Waals surface area contributed by atoms with Gasteiger partial charge < -0.3 is 5.32 Å². The quantitative estimate of drug-likeness (QED) is 0.735. The molecule has 4 heteroatoms. The molecule has 2 aromatic rings. The first kappa shape index (κ1) is 20.9. The molecule has 0 aliphatic carbocycles. The third-order valence-corrected chi connectivity index (χ3v) is 6.30. The van der Waals surface area contributed by atoms with Crippen molar-refractivity contribution in [3.8, 4) is 0 Å². The predicted molar refractivity (Wildman–Crippen MR) is 117 cm³/mol. The van der Waals surface area contributed by atoms with Crippen LogP contribution in [0.5, 0.6) is 0 Å². The van der Waals surface area contributed by atoms with Crippen molar-refractivity contribution in [2.45, 2.75) is 53.1 Å².